The zero-order chi connectivity index (χ0) is 15.6. The van der Waals surface area contributed by atoms with Crippen molar-refractivity contribution in [3.63, 3.8) is 0 Å². The molecule has 1 aromatic heterocycles. The highest BCUT2D eigenvalue weighted by Crippen LogP contribution is 2.32. The van der Waals surface area contributed by atoms with Gasteiger partial charge in [0.15, 0.2) is 0 Å². The molecule has 118 valence electrons. The molecule has 0 atom stereocenters. The topological polar surface area (TPSA) is 28.2 Å². The van der Waals surface area contributed by atoms with Gasteiger partial charge in [-0.25, -0.2) is 4.98 Å². The summed E-state index contributed by atoms with van der Waals surface area (Å²) >= 11 is 6.31. The number of nitrogens with zero attached hydrogens (tertiary/aromatic N) is 2. The van der Waals surface area contributed by atoms with E-state index >= 15 is 0 Å². The van der Waals surface area contributed by atoms with Gasteiger partial charge in [0.2, 0.25) is 0 Å². The summed E-state index contributed by atoms with van der Waals surface area (Å²) in [4.78, 5) is 7.21. The molecular formula is C17H28ClN3. The van der Waals surface area contributed by atoms with Crippen LogP contribution in [0.3, 0.4) is 0 Å². The van der Waals surface area contributed by atoms with Gasteiger partial charge in [-0.15, -0.1) is 0 Å². The van der Waals surface area contributed by atoms with Crippen LogP contribution in [-0.4, -0.2) is 23.1 Å². The van der Waals surface area contributed by atoms with Crippen LogP contribution < -0.4 is 10.2 Å². The summed E-state index contributed by atoms with van der Waals surface area (Å²) in [5, 5.41) is 4.20. The summed E-state index contributed by atoms with van der Waals surface area (Å²) < 4.78 is 0. The lowest BCUT2D eigenvalue weighted by Gasteiger charge is -2.29. The molecule has 0 spiro atoms. The van der Waals surface area contributed by atoms with Crippen molar-refractivity contribution in [1.29, 1.82) is 0 Å². The Morgan fingerprint density at radius 1 is 1.33 bits per heavy atom. The number of hydrogen-bond acceptors (Lipinski definition) is 3. The maximum atomic E-state index is 6.31. The van der Waals surface area contributed by atoms with E-state index in [2.05, 4.69) is 44.8 Å². The third kappa shape index (κ3) is 5.15. The van der Waals surface area contributed by atoms with Gasteiger partial charge in [-0.2, -0.15) is 0 Å². The second kappa shape index (κ2) is 6.53. The number of pyridine rings is 1. The average Bonchev–Trinajstić information content (AvgIpc) is 3.18. The minimum Gasteiger partial charge on any atom is -0.354 e. The van der Waals surface area contributed by atoms with Crippen molar-refractivity contribution in [1.82, 2.24) is 10.3 Å². The zero-order valence-corrected chi connectivity index (χ0v) is 14.7. The Morgan fingerprint density at radius 2 is 2.00 bits per heavy atom. The highest BCUT2D eigenvalue weighted by molar-refractivity contribution is 6.31. The van der Waals surface area contributed by atoms with Crippen LogP contribution in [0.1, 0.15) is 53.2 Å². The normalized spacial score (nSPS) is 15.6. The first-order valence-electron chi connectivity index (χ1n) is 7.93. The van der Waals surface area contributed by atoms with Crippen molar-refractivity contribution in [2.75, 3.05) is 11.4 Å². The maximum absolute atomic E-state index is 6.31. The molecule has 1 saturated carbocycles. The van der Waals surface area contributed by atoms with Crippen molar-refractivity contribution < 1.29 is 0 Å². The Kier molecular flexibility index (Phi) is 5.15. The number of halogens is 1. The van der Waals surface area contributed by atoms with Crippen molar-refractivity contribution >= 4 is 17.4 Å². The summed E-state index contributed by atoms with van der Waals surface area (Å²) in [6, 6.07) is 4.49. The van der Waals surface area contributed by atoms with Gasteiger partial charge < -0.3 is 10.2 Å². The zero-order valence-electron chi connectivity index (χ0n) is 13.9. The minimum absolute atomic E-state index is 0.0623. The quantitative estimate of drug-likeness (QED) is 0.851. The van der Waals surface area contributed by atoms with E-state index in [0.29, 0.717) is 12.6 Å². The molecule has 0 aliphatic heterocycles. The molecule has 0 saturated heterocycles. The summed E-state index contributed by atoms with van der Waals surface area (Å²) in [6.45, 7) is 12.7. The van der Waals surface area contributed by atoms with E-state index in [-0.39, 0.29) is 5.54 Å². The van der Waals surface area contributed by atoms with Crippen LogP contribution in [0.4, 0.5) is 5.82 Å². The average molecular weight is 310 g/mol. The molecule has 1 heterocycles. The van der Waals surface area contributed by atoms with Gasteiger partial charge in [0.1, 0.15) is 5.82 Å². The lowest BCUT2D eigenvalue weighted by atomic mass is 10.1. The van der Waals surface area contributed by atoms with Gasteiger partial charge in [-0.3, -0.25) is 0 Å². The summed E-state index contributed by atoms with van der Waals surface area (Å²) in [5.74, 6) is 1.90. The van der Waals surface area contributed by atoms with E-state index in [4.69, 9.17) is 16.6 Å². The fraction of sp³-hybridized carbons (Fsp3) is 0.706. The maximum Gasteiger partial charge on any atom is 0.129 e. The molecule has 1 aliphatic carbocycles. The molecule has 2 rings (SSSR count). The van der Waals surface area contributed by atoms with E-state index in [1.165, 1.54) is 12.8 Å². The van der Waals surface area contributed by atoms with E-state index < -0.39 is 0 Å². The molecule has 1 N–H and O–H groups in total. The number of hydrogen-bond donors (Lipinski definition) is 1. The van der Waals surface area contributed by atoms with Gasteiger partial charge in [0.25, 0.3) is 0 Å². The molecule has 0 aromatic carbocycles. The summed E-state index contributed by atoms with van der Waals surface area (Å²) in [7, 11) is 0. The van der Waals surface area contributed by atoms with Gasteiger partial charge in [0.05, 0.1) is 10.7 Å². The molecule has 1 aliphatic rings. The first-order valence-corrected chi connectivity index (χ1v) is 8.31. The molecule has 3 nitrogen and oxygen atoms in total. The number of anilines is 1. The van der Waals surface area contributed by atoms with E-state index in [9.17, 15) is 0 Å². The van der Waals surface area contributed by atoms with Gasteiger partial charge >= 0.3 is 0 Å². The van der Waals surface area contributed by atoms with Crippen molar-refractivity contribution in [2.45, 2.75) is 65.6 Å². The molecule has 1 fully saturated rings. The van der Waals surface area contributed by atoms with Crippen molar-refractivity contribution in [3.8, 4) is 0 Å². The predicted octanol–water partition coefficient (Wildman–Crippen LogP) is 4.25. The van der Waals surface area contributed by atoms with Crippen LogP contribution in [0.5, 0.6) is 0 Å². The third-order valence-electron chi connectivity index (χ3n) is 3.76. The molecule has 0 unspecified atom stereocenters. The molecular weight excluding hydrogens is 282 g/mol. The van der Waals surface area contributed by atoms with Crippen LogP contribution in [0.25, 0.3) is 0 Å². The van der Waals surface area contributed by atoms with Gasteiger partial charge in [-0.05, 0) is 65.5 Å². The van der Waals surface area contributed by atoms with E-state index in [1.54, 1.807) is 0 Å². The largest absolute Gasteiger partial charge is 0.354 e. The molecule has 1 aromatic rings. The minimum atomic E-state index is 0.0623. The summed E-state index contributed by atoms with van der Waals surface area (Å²) in [5.41, 5.74) is 0.998. The summed E-state index contributed by atoms with van der Waals surface area (Å²) in [6.07, 6.45) is 2.71. The van der Waals surface area contributed by atoms with Crippen molar-refractivity contribution in [3.05, 3.63) is 22.8 Å². The second-order valence-corrected chi connectivity index (χ2v) is 7.80. The first-order chi connectivity index (χ1) is 9.76. The number of aromatic nitrogens is 1. The Labute approximate surface area is 134 Å². The first kappa shape index (κ1) is 16.6. The predicted molar refractivity (Wildman–Crippen MR) is 91.0 cm³/mol. The molecule has 4 heteroatoms. The fourth-order valence-corrected chi connectivity index (χ4v) is 2.43. The highest BCUT2D eigenvalue weighted by atomic mass is 35.5. The highest BCUT2D eigenvalue weighted by Gasteiger charge is 2.26. The van der Waals surface area contributed by atoms with Gasteiger partial charge in [-0.1, -0.05) is 11.6 Å². The number of rotatable bonds is 6. The van der Waals surface area contributed by atoms with E-state index in [0.717, 1.165) is 29.0 Å². The molecule has 0 amide bonds. The lowest BCUT2D eigenvalue weighted by Crippen LogP contribution is -2.36. The smallest absolute Gasteiger partial charge is 0.129 e. The molecule has 21 heavy (non-hydrogen) atoms. The standard InChI is InChI=1S/C17H28ClN3/c1-12(2)21(11-13-6-7-13)16-9-8-14(18)15(20-16)10-19-17(3,4)5/h8-9,12-13,19H,6-7,10-11H2,1-5H3. The second-order valence-electron chi connectivity index (χ2n) is 7.39. The van der Waals surface area contributed by atoms with Gasteiger partial charge in [0, 0.05) is 24.7 Å². The van der Waals surface area contributed by atoms with Crippen LogP contribution in [-0.2, 0) is 6.54 Å². The van der Waals surface area contributed by atoms with Crippen LogP contribution >= 0.6 is 11.6 Å². The Bertz CT molecular complexity index is 475. The van der Waals surface area contributed by atoms with Crippen LogP contribution in [0.15, 0.2) is 12.1 Å². The molecule has 0 bridgehead atoms. The van der Waals surface area contributed by atoms with Crippen LogP contribution in [0, 0.1) is 5.92 Å². The monoisotopic (exact) mass is 309 g/mol. The lowest BCUT2D eigenvalue weighted by molar-refractivity contribution is 0.421. The van der Waals surface area contributed by atoms with E-state index in [1.807, 2.05) is 12.1 Å². The SMILES string of the molecule is CC(C)N(CC1CC1)c1ccc(Cl)c(CNC(C)(C)C)n1. The Balaban J connectivity index is 2.15. The fourth-order valence-electron chi connectivity index (χ4n) is 2.25. The van der Waals surface area contributed by atoms with Crippen LogP contribution in [0.2, 0.25) is 5.02 Å². The third-order valence-corrected chi connectivity index (χ3v) is 4.10. The van der Waals surface area contributed by atoms with Crippen molar-refractivity contribution in [2.24, 2.45) is 5.92 Å². The Morgan fingerprint density at radius 3 is 2.52 bits per heavy atom. The Hall–Kier alpha value is -0.800. The number of nitrogens with one attached hydrogen (secondary N) is 1. The molecule has 0 radical (unpaired) electrons.